The average molecular weight is 238 g/mol. The second-order valence-corrected chi connectivity index (χ2v) is 4.31. The SMILES string of the molecule is COC(=O)C1=C(C(=O)OC)[C@@H]2CC[C@H]1CC2=O. The van der Waals surface area contributed by atoms with Gasteiger partial charge in [0, 0.05) is 6.42 Å². The van der Waals surface area contributed by atoms with Crippen molar-refractivity contribution in [1.82, 2.24) is 0 Å². The van der Waals surface area contributed by atoms with Gasteiger partial charge in [-0.05, 0) is 18.8 Å². The predicted molar refractivity (Wildman–Crippen MR) is 56.9 cm³/mol. The maximum Gasteiger partial charge on any atom is 0.335 e. The second-order valence-electron chi connectivity index (χ2n) is 4.31. The number of methoxy groups -OCH3 is 2. The van der Waals surface area contributed by atoms with Gasteiger partial charge in [0.05, 0.1) is 31.3 Å². The van der Waals surface area contributed by atoms with E-state index >= 15 is 0 Å². The van der Waals surface area contributed by atoms with Crippen LogP contribution in [-0.2, 0) is 23.9 Å². The summed E-state index contributed by atoms with van der Waals surface area (Å²) in [6.07, 6.45) is 1.70. The maximum atomic E-state index is 11.7. The first-order valence-corrected chi connectivity index (χ1v) is 5.53. The van der Waals surface area contributed by atoms with Crippen molar-refractivity contribution in [1.29, 1.82) is 0 Å². The molecule has 0 spiro atoms. The number of esters is 2. The lowest BCUT2D eigenvalue weighted by Gasteiger charge is -2.36. The summed E-state index contributed by atoms with van der Waals surface area (Å²) in [5, 5.41) is 0. The number of Topliss-reactive ketones (excluding diaryl/α,β-unsaturated/α-hetero) is 1. The highest BCUT2D eigenvalue weighted by Crippen LogP contribution is 2.44. The largest absolute Gasteiger partial charge is 0.466 e. The van der Waals surface area contributed by atoms with Gasteiger partial charge in [0.1, 0.15) is 5.78 Å². The predicted octanol–water partition coefficient (Wildman–Crippen LogP) is 0.628. The summed E-state index contributed by atoms with van der Waals surface area (Å²) in [6.45, 7) is 0. The summed E-state index contributed by atoms with van der Waals surface area (Å²) >= 11 is 0. The van der Waals surface area contributed by atoms with Crippen LogP contribution in [0, 0.1) is 11.8 Å². The van der Waals surface area contributed by atoms with Crippen LogP contribution in [0.2, 0.25) is 0 Å². The van der Waals surface area contributed by atoms with Gasteiger partial charge in [-0.3, -0.25) is 4.79 Å². The first-order chi connectivity index (χ1) is 8.10. The number of rotatable bonds is 2. The van der Waals surface area contributed by atoms with E-state index in [9.17, 15) is 14.4 Å². The van der Waals surface area contributed by atoms with Crippen LogP contribution in [0.25, 0.3) is 0 Å². The van der Waals surface area contributed by atoms with Crippen molar-refractivity contribution in [3.8, 4) is 0 Å². The molecule has 0 aromatic rings. The quantitative estimate of drug-likeness (QED) is 0.660. The van der Waals surface area contributed by atoms with Gasteiger partial charge in [0.25, 0.3) is 0 Å². The molecule has 5 nitrogen and oxygen atoms in total. The van der Waals surface area contributed by atoms with Gasteiger partial charge in [-0.2, -0.15) is 0 Å². The van der Waals surface area contributed by atoms with Crippen molar-refractivity contribution < 1.29 is 23.9 Å². The minimum absolute atomic E-state index is 0.0225. The normalized spacial score (nSPS) is 27.1. The first-order valence-electron chi connectivity index (χ1n) is 5.53. The van der Waals surface area contributed by atoms with E-state index in [1.165, 1.54) is 14.2 Å². The lowest BCUT2D eigenvalue weighted by molar-refractivity contribution is -0.143. The molecule has 3 aliphatic rings. The number of carbonyl (C=O) groups excluding carboxylic acids is 3. The molecule has 0 amide bonds. The van der Waals surface area contributed by atoms with Crippen molar-refractivity contribution in [3.05, 3.63) is 11.1 Å². The van der Waals surface area contributed by atoms with Crippen molar-refractivity contribution in [2.24, 2.45) is 11.8 Å². The Labute approximate surface area is 98.8 Å². The third kappa shape index (κ3) is 1.75. The molecule has 0 saturated heterocycles. The molecule has 0 radical (unpaired) electrons. The fraction of sp³-hybridized carbons (Fsp3) is 0.583. The summed E-state index contributed by atoms with van der Waals surface area (Å²) in [5.41, 5.74) is 0.557. The number of ether oxygens (including phenoxy) is 2. The number of ketones is 1. The Morgan fingerprint density at radius 2 is 1.65 bits per heavy atom. The van der Waals surface area contributed by atoms with Gasteiger partial charge in [-0.1, -0.05) is 0 Å². The summed E-state index contributed by atoms with van der Waals surface area (Å²) < 4.78 is 9.35. The number of fused-ring (bicyclic) bond motifs is 2. The van der Waals surface area contributed by atoms with Gasteiger partial charge in [-0.15, -0.1) is 0 Å². The standard InChI is InChI=1S/C12H14O5/c1-16-11(14)9-6-3-4-7(8(13)5-6)10(9)12(15)17-2/h6-7H,3-5H2,1-2H3/t6-,7+/m0/s1. The lowest BCUT2D eigenvalue weighted by atomic mass is 9.66. The highest BCUT2D eigenvalue weighted by atomic mass is 16.5. The summed E-state index contributed by atoms with van der Waals surface area (Å²) in [4.78, 5) is 35.1. The van der Waals surface area contributed by atoms with Crippen LogP contribution >= 0.6 is 0 Å². The van der Waals surface area contributed by atoms with Crippen LogP contribution in [0.4, 0.5) is 0 Å². The molecule has 3 rings (SSSR count). The molecule has 0 heterocycles. The van der Waals surface area contributed by atoms with E-state index in [-0.39, 0.29) is 17.3 Å². The van der Waals surface area contributed by atoms with Crippen LogP contribution in [0.15, 0.2) is 11.1 Å². The van der Waals surface area contributed by atoms with Gasteiger partial charge in [0.2, 0.25) is 0 Å². The van der Waals surface area contributed by atoms with Crippen molar-refractivity contribution in [2.75, 3.05) is 14.2 Å². The van der Waals surface area contributed by atoms with E-state index in [0.717, 1.165) is 6.42 Å². The lowest BCUT2D eigenvalue weighted by Crippen LogP contribution is -2.40. The molecular formula is C12H14O5. The molecule has 3 aliphatic carbocycles. The fourth-order valence-electron chi connectivity index (χ4n) is 2.72. The van der Waals surface area contributed by atoms with Crippen molar-refractivity contribution in [3.63, 3.8) is 0 Å². The van der Waals surface area contributed by atoms with Crippen LogP contribution < -0.4 is 0 Å². The molecule has 2 atom stereocenters. The fourth-order valence-corrected chi connectivity index (χ4v) is 2.72. The van der Waals surface area contributed by atoms with E-state index in [0.29, 0.717) is 18.4 Å². The van der Waals surface area contributed by atoms with Gasteiger partial charge >= 0.3 is 11.9 Å². The zero-order chi connectivity index (χ0) is 12.6. The molecule has 0 aromatic carbocycles. The average Bonchev–Trinajstić information content (AvgIpc) is 2.36. The minimum atomic E-state index is -0.590. The highest BCUT2D eigenvalue weighted by molar-refractivity contribution is 6.08. The van der Waals surface area contributed by atoms with Crippen LogP contribution in [-0.4, -0.2) is 31.9 Å². The Balaban J connectivity index is 2.52. The summed E-state index contributed by atoms with van der Waals surface area (Å²) in [5.74, 6) is -1.76. The molecule has 0 aromatic heterocycles. The van der Waals surface area contributed by atoms with Crippen LogP contribution in [0.1, 0.15) is 19.3 Å². The van der Waals surface area contributed by atoms with E-state index < -0.39 is 17.9 Å². The smallest absolute Gasteiger partial charge is 0.335 e. The third-order valence-corrected chi connectivity index (χ3v) is 3.50. The number of hydrogen-bond acceptors (Lipinski definition) is 5. The Morgan fingerprint density at radius 3 is 2.18 bits per heavy atom. The topological polar surface area (TPSA) is 69.7 Å². The maximum absolute atomic E-state index is 11.7. The van der Waals surface area contributed by atoms with Crippen LogP contribution in [0.5, 0.6) is 0 Å². The Morgan fingerprint density at radius 1 is 1.06 bits per heavy atom. The molecular weight excluding hydrogens is 224 g/mol. The first kappa shape index (κ1) is 11.8. The van der Waals surface area contributed by atoms with E-state index in [4.69, 9.17) is 0 Å². The van der Waals surface area contributed by atoms with Crippen LogP contribution in [0.3, 0.4) is 0 Å². The summed E-state index contributed by atoms with van der Waals surface area (Å²) in [7, 11) is 2.52. The van der Waals surface area contributed by atoms with Gasteiger partial charge in [0.15, 0.2) is 0 Å². The van der Waals surface area contributed by atoms with Gasteiger partial charge < -0.3 is 9.47 Å². The molecule has 92 valence electrons. The minimum Gasteiger partial charge on any atom is -0.466 e. The molecule has 1 fully saturated rings. The molecule has 17 heavy (non-hydrogen) atoms. The number of hydrogen-bond donors (Lipinski definition) is 0. The Hall–Kier alpha value is -1.65. The molecule has 5 heteroatoms. The molecule has 0 aliphatic heterocycles. The molecule has 1 saturated carbocycles. The Kier molecular flexibility index (Phi) is 3.00. The van der Waals surface area contributed by atoms with E-state index in [1.807, 2.05) is 0 Å². The zero-order valence-corrected chi connectivity index (χ0v) is 9.82. The van der Waals surface area contributed by atoms with E-state index in [1.54, 1.807) is 0 Å². The Bertz CT molecular complexity index is 421. The highest BCUT2D eigenvalue weighted by Gasteiger charge is 2.46. The molecule has 0 unspecified atom stereocenters. The number of carbonyl (C=O) groups is 3. The monoisotopic (exact) mass is 238 g/mol. The van der Waals surface area contributed by atoms with Gasteiger partial charge in [-0.25, -0.2) is 9.59 Å². The van der Waals surface area contributed by atoms with E-state index in [2.05, 4.69) is 9.47 Å². The zero-order valence-electron chi connectivity index (χ0n) is 9.82. The van der Waals surface area contributed by atoms with Crippen molar-refractivity contribution in [2.45, 2.75) is 19.3 Å². The third-order valence-electron chi connectivity index (χ3n) is 3.50. The second kappa shape index (κ2) is 4.31. The van der Waals surface area contributed by atoms with Crippen molar-refractivity contribution >= 4 is 17.7 Å². The summed E-state index contributed by atoms with van der Waals surface area (Å²) in [6, 6.07) is 0. The molecule has 2 bridgehead atoms. The molecule has 0 N–H and O–H groups in total.